The number of fused-ring (bicyclic) bond motifs is 3. The van der Waals surface area contributed by atoms with Crippen molar-refractivity contribution in [1.82, 2.24) is 9.78 Å². The lowest BCUT2D eigenvalue weighted by Crippen LogP contribution is -2.27. The van der Waals surface area contributed by atoms with Gasteiger partial charge in [-0.3, -0.25) is 4.68 Å². The third-order valence-corrected chi connectivity index (χ3v) is 2.55. The summed E-state index contributed by atoms with van der Waals surface area (Å²) in [5, 5.41) is 5.34. The predicted molar refractivity (Wildman–Crippen MR) is 49.7 cm³/mol. The van der Waals surface area contributed by atoms with Crippen molar-refractivity contribution in [2.45, 2.75) is 12.6 Å². The van der Waals surface area contributed by atoms with E-state index in [4.69, 9.17) is 14.9 Å². The Morgan fingerprint density at radius 1 is 1.64 bits per heavy atom. The molecule has 2 N–H and O–H groups in total. The van der Waals surface area contributed by atoms with E-state index in [0.29, 0.717) is 18.9 Å². The predicted octanol–water partition coefficient (Wildman–Crippen LogP) is 0.659. The van der Waals surface area contributed by atoms with E-state index in [-0.39, 0.29) is 6.10 Å². The van der Waals surface area contributed by atoms with Crippen LogP contribution in [0.15, 0.2) is 16.7 Å². The Hall–Kier alpha value is -1.33. The van der Waals surface area contributed by atoms with Gasteiger partial charge in [0, 0.05) is 6.54 Å². The van der Waals surface area contributed by atoms with Gasteiger partial charge in [0.2, 0.25) is 5.71 Å². The fraction of sp³-hybridized carbons (Fsp3) is 0.444. The molecule has 14 heavy (non-hydrogen) atoms. The highest BCUT2D eigenvalue weighted by molar-refractivity contribution is 5.77. The largest absolute Gasteiger partial charge is 0.445 e. The first kappa shape index (κ1) is 8.02. The highest BCUT2D eigenvalue weighted by Crippen LogP contribution is 2.29. The second-order valence-corrected chi connectivity index (χ2v) is 3.34. The van der Waals surface area contributed by atoms with Gasteiger partial charge in [-0.15, -0.1) is 5.10 Å². The Morgan fingerprint density at radius 2 is 2.57 bits per heavy atom. The van der Waals surface area contributed by atoms with E-state index in [1.165, 1.54) is 0 Å². The van der Waals surface area contributed by atoms with Gasteiger partial charge < -0.3 is 14.9 Å². The number of nitrogens with two attached hydrogens (primary N) is 1. The number of hydrogen-bond acceptors (Lipinski definition) is 4. The highest BCUT2D eigenvalue weighted by atomic mass is 16.5. The molecule has 0 amide bonds. The van der Waals surface area contributed by atoms with Crippen LogP contribution in [0.5, 0.6) is 0 Å². The molecule has 0 saturated carbocycles. The first-order valence-electron chi connectivity index (χ1n) is 4.65. The van der Waals surface area contributed by atoms with E-state index in [1.807, 2.05) is 10.7 Å². The van der Waals surface area contributed by atoms with Gasteiger partial charge in [0.1, 0.15) is 6.10 Å². The third kappa shape index (κ3) is 0.935. The van der Waals surface area contributed by atoms with Crippen LogP contribution in [0, 0.1) is 0 Å². The maximum Gasteiger partial charge on any atom is 0.245 e. The minimum Gasteiger partial charge on any atom is -0.445 e. The van der Waals surface area contributed by atoms with Crippen LogP contribution in [-0.4, -0.2) is 22.9 Å². The van der Waals surface area contributed by atoms with Gasteiger partial charge in [-0.05, 0) is 6.07 Å². The van der Waals surface area contributed by atoms with Crippen LogP contribution in [0.2, 0.25) is 0 Å². The molecule has 3 heterocycles. The monoisotopic (exact) mass is 193 g/mol. The second-order valence-electron chi connectivity index (χ2n) is 3.34. The molecule has 0 unspecified atom stereocenters. The van der Waals surface area contributed by atoms with Gasteiger partial charge in [0.15, 0.2) is 0 Å². The fourth-order valence-electron chi connectivity index (χ4n) is 1.93. The summed E-state index contributed by atoms with van der Waals surface area (Å²) in [6.45, 7) is 1.92. The SMILES string of the molecule is NC[C@H]1OCCn2nc3occc3c21. The first-order valence-corrected chi connectivity index (χ1v) is 4.65. The van der Waals surface area contributed by atoms with Gasteiger partial charge >= 0.3 is 0 Å². The molecular formula is C9H11N3O2. The summed E-state index contributed by atoms with van der Waals surface area (Å²) in [4.78, 5) is 0. The van der Waals surface area contributed by atoms with Gasteiger partial charge in [-0.1, -0.05) is 0 Å². The Morgan fingerprint density at radius 3 is 3.43 bits per heavy atom. The lowest BCUT2D eigenvalue weighted by Gasteiger charge is -2.22. The van der Waals surface area contributed by atoms with Gasteiger partial charge in [0.05, 0.1) is 30.5 Å². The number of furan rings is 1. The smallest absolute Gasteiger partial charge is 0.245 e. The number of ether oxygens (including phenoxy) is 1. The van der Waals surface area contributed by atoms with E-state index in [9.17, 15) is 0 Å². The average Bonchev–Trinajstić information content (AvgIpc) is 2.75. The molecular weight excluding hydrogens is 182 g/mol. The third-order valence-electron chi connectivity index (χ3n) is 2.55. The van der Waals surface area contributed by atoms with Crippen molar-refractivity contribution >= 4 is 11.1 Å². The molecule has 0 fully saturated rings. The lowest BCUT2D eigenvalue weighted by molar-refractivity contribution is 0.0236. The highest BCUT2D eigenvalue weighted by Gasteiger charge is 2.25. The molecule has 5 heteroatoms. The quantitative estimate of drug-likeness (QED) is 0.722. The van der Waals surface area contributed by atoms with Crippen molar-refractivity contribution in [2.75, 3.05) is 13.2 Å². The Bertz CT molecular complexity index is 460. The van der Waals surface area contributed by atoms with E-state index in [1.54, 1.807) is 6.26 Å². The van der Waals surface area contributed by atoms with Crippen LogP contribution >= 0.6 is 0 Å². The summed E-state index contributed by atoms with van der Waals surface area (Å²) in [5.74, 6) is 0. The van der Waals surface area contributed by atoms with Gasteiger partial charge in [-0.2, -0.15) is 0 Å². The number of nitrogens with zero attached hydrogens (tertiary/aromatic N) is 2. The minimum absolute atomic E-state index is 0.0497. The number of aromatic nitrogens is 2. The number of rotatable bonds is 1. The molecule has 0 radical (unpaired) electrons. The molecule has 0 bridgehead atoms. The Kier molecular flexibility index (Phi) is 1.62. The molecule has 0 saturated heterocycles. The minimum atomic E-state index is -0.0497. The fourth-order valence-corrected chi connectivity index (χ4v) is 1.93. The van der Waals surface area contributed by atoms with Crippen LogP contribution in [-0.2, 0) is 11.3 Å². The molecule has 2 aromatic rings. The normalized spacial score (nSPS) is 21.4. The van der Waals surface area contributed by atoms with Gasteiger partial charge in [0.25, 0.3) is 0 Å². The van der Waals surface area contributed by atoms with Gasteiger partial charge in [-0.25, -0.2) is 0 Å². The van der Waals surface area contributed by atoms with Crippen LogP contribution in [0.25, 0.3) is 11.1 Å². The van der Waals surface area contributed by atoms with Crippen molar-refractivity contribution in [1.29, 1.82) is 0 Å². The maximum atomic E-state index is 5.64. The molecule has 1 atom stereocenters. The molecule has 0 aliphatic carbocycles. The summed E-state index contributed by atoms with van der Waals surface area (Å²) in [6.07, 6.45) is 1.59. The van der Waals surface area contributed by atoms with Crippen LogP contribution < -0.4 is 5.73 Å². The Balaban J connectivity index is 2.24. The van der Waals surface area contributed by atoms with Crippen LogP contribution in [0.4, 0.5) is 0 Å². The summed E-state index contributed by atoms with van der Waals surface area (Å²) in [5.41, 5.74) is 7.35. The van der Waals surface area contributed by atoms with Crippen molar-refractivity contribution in [3.8, 4) is 0 Å². The zero-order valence-electron chi connectivity index (χ0n) is 7.64. The molecule has 74 valence electrons. The van der Waals surface area contributed by atoms with E-state index < -0.39 is 0 Å². The summed E-state index contributed by atoms with van der Waals surface area (Å²) < 4.78 is 12.7. The van der Waals surface area contributed by atoms with Crippen LogP contribution in [0.1, 0.15) is 11.8 Å². The van der Waals surface area contributed by atoms with Crippen molar-refractivity contribution in [3.05, 3.63) is 18.0 Å². The molecule has 0 aromatic carbocycles. The topological polar surface area (TPSA) is 66.2 Å². The van der Waals surface area contributed by atoms with Crippen molar-refractivity contribution in [3.63, 3.8) is 0 Å². The van der Waals surface area contributed by atoms with Crippen LogP contribution in [0.3, 0.4) is 0 Å². The molecule has 0 spiro atoms. The van der Waals surface area contributed by atoms with E-state index in [2.05, 4.69) is 5.10 Å². The number of hydrogen-bond donors (Lipinski definition) is 1. The summed E-state index contributed by atoms with van der Waals surface area (Å²) in [6, 6.07) is 1.91. The van der Waals surface area contributed by atoms with E-state index in [0.717, 1.165) is 17.6 Å². The maximum absolute atomic E-state index is 5.64. The lowest BCUT2D eigenvalue weighted by atomic mass is 10.2. The second kappa shape index (κ2) is 2.83. The molecule has 3 rings (SSSR count). The summed E-state index contributed by atoms with van der Waals surface area (Å²) >= 11 is 0. The molecule has 1 aliphatic heterocycles. The molecule has 1 aliphatic rings. The zero-order chi connectivity index (χ0) is 9.54. The molecule has 2 aromatic heterocycles. The molecule has 5 nitrogen and oxygen atoms in total. The van der Waals surface area contributed by atoms with Crippen molar-refractivity contribution < 1.29 is 9.15 Å². The van der Waals surface area contributed by atoms with Crippen molar-refractivity contribution in [2.24, 2.45) is 5.73 Å². The summed E-state index contributed by atoms with van der Waals surface area (Å²) in [7, 11) is 0. The standard InChI is InChI=1S/C9H11N3O2/c10-5-7-8-6-1-3-14-9(6)11-12(8)2-4-13-7/h1,3,7H,2,4-5,10H2/t7-/m1/s1. The Labute approximate surface area is 80.4 Å². The first-order chi connectivity index (χ1) is 6.90. The average molecular weight is 193 g/mol. The van der Waals surface area contributed by atoms with E-state index >= 15 is 0 Å². The zero-order valence-corrected chi connectivity index (χ0v) is 7.64.